The van der Waals surface area contributed by atoms with Crippen molar-refractivity contribution >= 4 is 0 Å². The van der Waals surface area contributed by atoms with E-state index in [1.54, 1.807) is 0 Å². The Labute approximate surface area is 188 Å². The topological polar surface area (TPSA) is 9.23 Å². The Hall–Kier alpha value is -2.54. The molecule has 0 N–H and O–H groups in total. The first-order valence-electron chi connectivity index (χ1n) is 12.2. The zero-order valence-corrected chi connectivity index (χ0v) is 19.2. The Balaban J connectivity index is 1.41. The maximum absolute atomic E-state index is 5.81. The second kappa shape index (κ2) is 10.7. The van der Waals surface area contributed by atoms with Gasteiger partial charge in [-0.2, -0.15) is 0 Å². The summed E-state index contributed by atoms with van der Waals surface area (Å²) in [6, 6.07) is 25.1. The lowest BCUT2D eigenvalue weighted by Crippen LogP contribution is -2.13. The van der Waals surface area contributed by atoms with Crippen LogP contribution in [0.2, 0.25) is 0 Å². The van der Waals surface area contributed by atoms with Gasteiger partial charge in [-0.15, -0.1) is 0 Å². The van der Waals surface area contributed by atoms with E-state index in [2.05, 4.69) is 80.6 Å². The Morgan fingerprint density at radius 2 is 1.52 bits per heavy atom. The fourth-order valence-corrected chi connectivity index (χ4v) is 4.63. The Morgan fingerprint density at radius 1 is 0.774 bits per heavy atom. The predicted octanol–water partition coefficient (Wildman–Crippen LogP) is 8.15. The van der Waals surface area contributed by atoms with Gasteiger partial charge in [-0.1, -0.05) is 81.3 Å². The molecule has 0 aromatic heterocycles. The summed E-state index contributed by atoms with van der Waals surface area (Å²) in [6.07, 6.45) is 9.60. The third-order valence-corrected chi connectivity index (χ3v) is 6.66. The fraction of sp³-hybridized carbons (Fsp3) is 0.400. The maximum atomic E-state index is 5.81. The van der Waals surface area contributed by atoms with Gasteiger partial charge in [0.25, 0.3) is 0 Å². The molecule has 4 rings (SSSR count). The molecule has 1 nitrogen and oxygen atoms in total. The van der Waals surface area contributed by atoms with E-state index in [1.807, 2.05) is 0 Å². The van der Waals surface area contributed by atoms with Crippen LogP contribution in [-0.2, 0) is 19.3 Å². The number of hydrogen-bond donors (Lipinski definition) is 0. The van der Waals surface area contributed by atoms with E-state index in [9.17, 15) is 0 Å². The molecule has 0 radical (unpaired) electrons. The van der Waals surface area contributed by atoms with Gasteiger partial charge in [0, 0.05) is 0 Å². The first kappa shape index (κ1) is 21.7. The molecule has 0 spiro atoms. The predicted molar refractivity (Wildman–Crippen MR) is 132 cm³/mol. The summed E-state index contributed by atoms with van der Waals surface area (Å²) in [5.41, 5.74) is 8.63. The Bertz CT molecular complexity index is 953. The molecule has 162 valence electrons. The largest absolute Gasteiger partial charge is 0.494 e. The molecule has 0 amide bonds. The van der Waals surface area contributed by atoms with Crippen molar-refractivity contribution in [3.8, 4) is 16.9 Å². The average molecular weight is 413 g/mol. The number of ether oxygens (including phenoxy) is 1. The van der Waals surface area contributed by atoms with Crippen LogP contribution in [0.3, 0.4) is 0 Å². The van der Waals surface area contributed by atoms with E-state index in [4.69, 9.17) is 4.74 Å². The summed E-state index contributed by atoms with van der Waals surface area (Å²) in [7, 11) is 0. The number of benzene rings is 3. The summed E-state index contributed by atoms with van der Waals surface area (Å²) >= 11 is 0. The molecule has 3 aromatic carbocycles. The number of aryl methyl sites for hydroxylation is 2. The normalized spacial score (nSPS) is 15.5. The van der Waals surface area contributed by atoms with Crippen molar-refractivity contribution in [3.05, 3.63) is 89.0 Å². The Kier molecular flexibility index (Phi) is 7.46. The molecule has 0 saturated heterocycles. The van der Waals surface area contributed by atoms with E-state index >= 15 is 0 Å². The van der Waals surface area contributed by atoms with Crippen LogP contribution in [0.5, 0.6) is 5.75 Å². The van der Waals surface area contributed by atoms with Crippen molar-refractivity contribution in [1.29, 1.82) is 0 Å². The maximum Gasteiger partial charge on any atom is 0.119 e. The van der Waals surface area contributed by atoms with Gasteiger partial charge in [0.2, 0.25) is 0 Å². The highest BCUT2D eigenvalue weighted by Crippen LogP contribution is 2.35. The van der Waals surface area contributed by atoms with Crippen LogP contribution < -0.4 is 4.74 Å². The number of hydrogen-bond acceptors (Lipinski definition) is 1. The molecule has 1 aliphatic rings. The molecule has 1 aliphatic carbocycles. The first-order chi connectivity index (χ1) is 15.3. The monoisotopic (exact) mass is 412 g/mol. The zero-order valence-electron chi connectivity index (χ0n) is 19.2. The fourth-order valence-electron chi connectivity index (χ4n) is 4.63. The van der Waals surface area contributed by atoms with E-state index in [0.29, 0.717) is 5.92 Å². The van der Waals surface area contributed by atoms with Gasteiger partial charge in [0.1, 0.15) is 5.75 Å². The molecule has 1 atom stereocenters. The van der Waals surface area contributed by atoms with E-state index in [1.165, 1.54) is 71.9 Å². The molecule has 0 saturated carbocycles. The van der Waals surface area contributed by atoms with Gasteiger partial charge in [0.15, 0.2) is 0 Å². The van der Waals surface area contributed by atoms with Crippen molar-refractivity contribution in [2.45, 2.75) is 71.1 Å². The minimum Gasteiger partial charge on any atom is -0.494 e. The summed E-state index contributed by atoms with van der Waals surface area (Å²) < 4.78 is 5.81. The van der Waals surface area contributed by atoms with Crippen molar-refractivity contribution < 1.29 is 4.74 Å². The molecular weight excluding hydrogens is 376 g/mol. The second-order valence-corrected chi connectivity index (χ2v) is 8.99. The van der Waals surface area contributed by atoms with Crippen LogP contribution in [0.1, 0.15) is 74.1 Å². The smallest absolute Gasteiger partial charge is 0.119 e. The lowest BCUT2D eigenvalue weighted by atomic mass is 9.79. The van der Waals surface area contributed by atoms with Crippen LogP contribution in [0.15, 0.2) is 66.7 Å². The quantitative estimate of drug-likeness (QED) is 0.322. The zero-order chi connectivity index (χ0) is 21.5. The van der Waals surface area contributed by atoms with Gasteiger partial charge in [0.05, 0.1) is 6.61 Å². The molecule has 0 fully saturated rings. The summed E-state index contributed by atoms with van der Waals surface area (Å²) in [5, 5.41) is 0. The van der Waals surface area contributed by atoms with Gasteiger partial charge in [-0.3, -0.25) is 0 Å². The third-order valence-electron chi connectivity index (χ3n) is 6.66. The highest BCUT2D eigenvalue weighted by atomic mass is 16.5. The molecule has 0 bridgehead atoms. The molecule has 0 heterocycles. The van der Waals surface area contributed by atoms with E-state index < -0.39 is 0 Å². The van der Waals surface area contributed by atoms with Crippen molar-refractivity contribution in [3.63, 3.8) is 0 Å². The van der Waals surface area contributed by atoms with Crippen molar-refractivity contribution in [2.24, 2.45) is 0 Å². The number of fused-ring (bicyclic) bond motifs is 1. The van der Waals surface area contributed by atoms with Gasteiger partial charge < -0.3 is 4.74 Å². The minimum absolute atomic E-state index is 0.651. The van der Waals surface area contributed by atoms with E-state index in [-0.39, 0.29) is 0 Å². The molecule has 1 heteroatoms. The molecular formula is C30H36O. The number of rotatable bonds is 9. The average Bonchev–Trinajstić information content (AvgIpc) is 2.83. The van der Waals surface area contributed by atoms with E-state index in [0.717, 1.165) is 25.2 Å². The van der Waals surface area contributed by atoms with Crippen LogP contribution in [0, 0.1) is 0 Å². The molecule has 3 aromatic rings. The van der Waals surface area contributed by atoms with Crippen molar-refractivity contribution in [2.75, 3.05) is 6.61 Å². The second-order valence-electron chi connectivity index (χ2n) is 8.99. The van der Waals surface area contributed by atoms with Crippen LogP contribution >= 0.6 is 0 Å². The highest BCUT2D eigenvalue weighted by molar-refractivity contribution is 5.66. The van der Waals surface area contributed by atoms with Crippen LogP contribution in [0.25, 0.3) is 11.1 Å². The van der Waals surface area contributed by atoms with Crippen LogP contribution in [0.4, 0.5) is 0 Å². The lowest BCUT2D eigenvalue weighted by molar-refractivity contribution is 0.309. The van der Waals surface area contributed by atoms with Gasteiger partial charge >= 0.3 is 0 Å². The molecule has 31 heavy (non-hydrogen) atoms. The van der Waals surface area contributed by atoms with Crippen molar-refractivity contribution in [1.82, 2.24) is 0 Å². The minimum atomic E-state index is 0.651. The summed E-state index contributed by atoms with van der Waals surface area (Å²) in [5.74, 6) is 1.62. The summed E-state index contributed by atoms with van der Waals surface area (Å²) in [4.78, 5) is 0. The molecule has 0 aliphatic heterocycles. The van der Waals surface area contributed by atoms with Crippen LogP contribution in [-0.4, -0.2) is 6.61 Å². The van der Waals surface area contributed by atoms with Gasteiger partial charge in [-0.05, 0) is 90.0 Å². The number of unbranched alkanes of at least 4 members (excludes halogenated alkanes) is 2. The van der Waals surface area contributed by atoms with Gasteiger partial charge in [-0.25, -0.2) is 0 Å². The Morgan fingerprint density at radius 3 is 2.26 bits per heavy atom. The first-order valence-corrected chi connectivity index (χ1v) is 12.2. The SMILES string of the molecule is CCCCOc1ccc(-c2ccc3c(c2)CCC(c2ccc(CCCC)cc2)C3)cc1. The third kappa shape index (κ3) is 5.58. The summed E-state index contributed by atoms with van der Waals surface area (Å²) in [6.45, 7) is 5.25. The lowest BCUT2D eigenvalue weighted by Gasteiger charge is -2.26. The standard InChI is InChI=1S/C30H36O/c1-3-5-7-23-8-10-24(11-9-23)26-12-14-29-22-27(13-15-28(29)21-26)25-16-18-30(19-17-25)31-20-6-4-2/h8-11,13,15-19,22,26H,3-7,12,14,20-21H2,1-2H3. The molecule has 1 unspecified atom stereocenters. The highest BCUT2D eigenvalue weighted by Gasteiger charge is 2.20.